The second-order valence-corrected chi connectivity index (χ2v) is 5.50. The van der Waals surface area contributed by atoms with E-state index in [0.29, 0.717) is 4.99 Å². The van der Waals surface area contributed by atoms with Crippen LogP contribution in [0.1, 0.15) is 13.3 Å². The summed E-state index contributed by atoms with van der Waals surface area (Å²) in [6.45, 7) is 5.28. The smallest absolute Gasteiger partial charge is 0.0740 e. The molecule has 0 saturated carbocycles. The zero-order valence-corrected chi connectivity index (χ0v) is 11.9. The summed E-state index contributed by atoms with van der Waals surface area (Å²) in [6.07, 6.45) is 0.819. The molecule has 94 valence electrons. The van der Waals surface area contributed by atoms with E-state index >= 15 is 0 Å². The molecule has 0 amide bonds. The Morgan fingerprint density at radius 2 is 2.00 bits per heavy atom. The summed E-state index contributed by atoms with van der Waals surface area (Å²) in [4.78, 5) is 4.33. The average Bonchev–Trinajstić information content (AvgIpc) is 2.34. The van der Waals surface area contributed by atoms with E-state index in [0.717, 1.165) is 31.8 Å². The molecule has 0 bridgehead atoms. The van der Waals surface area contributed by atoms with Crippen molar-refractivity contribution in [1.82, 2.24) is 4.90 Å². The predicted octanol–water partition coefficient (Wildman–Crippen LogP) is 2.78. The summed E-state index contributed by atoms with van der Waals surface area (Å²) in [6, 6.07) is 10.5. The van der Waals surface area contributed by atoms with Gasteiger partial charge in [-0.2, -0.15) is 0 Å². The van der Waals surface area contributed by atoms with Crippen molar-refractivity contribution < 1.29 is 0 Å². The first-order valence-electron chi connectivity index (χ1n) is 5.91. The largest absolute Gasteiger partial charge is 0.393 e. The monoisotopic (exact) mass is 268 g/mol. The molecule has 0 atom stereocenters. The van der Waals surface area contributed by atoms with Crippen molar-refractivity contribution in [2.24, 2.45) is 5.73 Å². The van der Waals surface area contributed by atoms with E-state index in [9.17, 15) is 0 Å². The van der Waals surface area contributed by atoms with Gasteiger partial charge in [0.15, 0.2) is 0 Å². The van der Waals surface area contributed by atoms with Crippen molar-refractivity contribution in [3.63, 3.8) is 0 Å². The normalized spacial score (nSPS) is 10.7. The Morgan fingerprint density at radius 1 is 1.29 bits per heavy atom. The fourth-order valence-corrected chi connectivity index (χ4v) is 2.53. The van der Waals surface area contributed by atoms with Gasteiger partial charge in [-0.1, -0.05) is 37.3 Å². The number of hydrogen-bond acceptors (Lipinski definition) is 3. The molecule has 0 heterocycles. The Bertz CT molecular complexity index is 327. The molecule has 1 aromatic rings. The van der Waals surface area contributed by atoms with Crippen LogP contribution in [0.25, 0.3) is 0 Å². The number of thiocarbonyl (C=S) groups is 1. The highest BCUT2D eigenvalue weighted by atomic mass is 32.2. The van der Waals surface area contributed by atoms with E-state index in [4.69, 9.17) is 18.0 Å². The molecule has 17 heavy (non-hydrogen) atoms. The van der Waals surface area contributed by atoms with Crippen LogP contribution in [0.15, 0.2) is 35.2 Å². The van der Waals surface area contributed by atoms with Crippen LogP contribution >= 0.6 is 24.0 Å². The van der Waals surface area contributed by atoms with Crippen molar-refractivity contribution in [1.29, 1.82) is 0 Å². The molecule has 0 aromatic heterocycles. The molecule has 0 aliphatic rings. The summed E-state index contributed by atoms with van der Waals surface area (Å²) in [7, 11) is 0. The van der Waals surface area contributed by atoms with Gasteiger partial charge in [0, 0.05) is 30.2 Å². The fraction of sp³-hybridized carbons (Fsp3) is 0.462. The first-order valence-corrected chi connectivity index (χ1v) is 7.30. The number of nitrogens with two attached hydrogens (primary N) is 1. The third-order valence-corrected chi connectivity index (χ3v) is 3.74. The molecular weight excluding hydrogens is 248 g/mol. The summed E-state index contributed by atoms with van der Waals surface area (Å²) in [5.74, 6) is 1.11. The summed E-state index contributed by atoms with van der Waals surface area (Å²) in [5, 5.41) is 0. The lowest BCUT2D eigenvalue weighted by molar-refractivity contribution is 0.316. The first kappa shape index (κ1) is 14.5. The zero-order valence-electron chi connectivity index (χ0n) is 10.3. The van der Waals surface area contributed by atoms with E-state index in [1.165, 1.54) is 4.90 Å². The SMILES string of the molecule is CCN(CCSc1ccccc1)CCC(N)=S. The number of thioether (sulfide) groups is 1. The predicted molar refractivity (Wildman–Crippen MR) is 80.7 cm³/mol. The minimum atomic E-state index is 0.610. The average molecular weight is 268 g/mol. The maximum atomic E-state index is 5.51. The Labute approximate surface area is 114 Å². The Morgan fingerprint density at radius 3 is 2.59 bits per heavy atom. The second-order valence-electron chi connectivity index (χ2n) is 3.81. The van der Waals surface area contributed by atoms with Crippen LogP contribution in [0.2, 0.25) is 0 Å². The molecule has 0 spiro atoms. The van der Waals surface area contributed by atoms with Gasteiger partial charge in [-0.25, -0.2) is 0 Å². The topological polar surface area (TPSA) is 29.3 Å². The molecule has 4 heteroatoms. The minimum Gasteiger partial charge on any atom is -0.393 e. The molecule has 2 N–H and O–H groups in total. The molecule has 0 aliphatic carbocycles. The van der Waals surface area contributed by atoms with Crippen LogP contribution in [-0.4, -0.2) is 35.3 Å². The van der Waals surface area contributed by atoms with Crippen LogP contribution in [0.3, 0.4) is 0 Å². The third-order valence-electron chi connectivity index (χ3n) is 2.54. The first-order chi connectivity index (χ1) is 8.22. The minimum absolute atomic E-state index is 0.610. The summed E-state index contributed by atoms with van der Waals surface area (Å²) < 4.78 is 0. The molecule has 0 aliphatic heterocycles. The zero-order chi connectivity index (χ0) is 12.5. The molecule has 0 unspecified atom stereocenters. The molecule has 0 fully saturated rings. The third kappa shape index (κ3) is 6.66. The van der Waals surface area contributed by atoms with Gasteiger partial charge in [-0.15, -0.1) is 11.8 Å². The van der Waals surface area contributed by atoms with Gasteiger partial charge in [0.25, 0.3) is 0 Å². The maximum absolute atomic E-state index is 5.51. The second kappa shape index (κ2) is 8.50. The molecule has 2 nitrogen and oxygen atoms in total. The number of hydrogen-bond donors (Lipinski definition) is 1. The van der Waals surface area contributed by atoms with Crippen LogP contribution in [0.5, 0.6) is 0 Å². The van der Waals surface area contributed by atoms with Gasteiger partial charge in [0.2, 0.25) is 0 Å². The van der Waals surface area contributed by atoms with Crippen LogP contribution in [0, 0.1) is 0 Å². The van der Waals surface area contributed by atoms with Crippen molar-refractivity contribution in [2.75, 3.05) is 25.4 Å². The molecule has 1 aromatic carbocycles. The van der Waals surface area contributed by atoms with E-state index in [1.807, 2.05) is 17.8 Å². The van der Waals surface area contributed by atoms with Crippen molar-refractivity contribution in [3.05, 3.63) is 30.3 Å². The lowest BCUT2D eigenvalue weighted by Crippen LogP contribution is -2.29. The maximum Gasteiger partial charge on any atom is 0.0740 e. The molecule has 1 rings (SSSR count). The van der Waals surface area contributed by atoms with Gasteiger partial charge in [-0.3, -0.25) is 0 Å². The summed E-state index contributed by atoms with van der Waals surface area (Å²) in [5.41, 5.74) is 5.51. The Hall–Kier alpha value is -0.580. The van der Waals surface area contributed by atoms with Crippen molar-refractivity contribution >= 4 is 29.0 Å². The summed E-state index contributed by atoms with van der Waals surface area (Å²) >= 11 is 6.79. The van der Waals surface area contributed by atoms with Gasteiger partial charge in [0.1, 0.15) is 0 Å². The fourth-order valence-electron chi connectivity index (χ4n) is 1.51. The van der Waals surface area contributed by atoms with Gasteiger partial charge < -0.3 is 10.6 Å². The highest BCUT2D eigenvalue weighted by Gasteiger charge is 2.03. The van der Waals surface area contributed by atoms with E-state index in [-0.39, 0.29) is 0 Å². The Kier molecular flexibility index (Phi) is 7.24. The van der Waals surface area contributed by atoms with Crippen LogP contribution in [-0.2, 0) is 0 Å². The van der Waals surface area contributed by atoms with Crippen LogP contribution in [0.4, 0.5) is 0 Å². The number of benzene rings is 1. The van der Waals surface area contributed by atoms with E-state index < -0.39 is 0 Å². The number of nitrogens with zero attached hydrogens (tertiary/aromatic N) is 1. The standard InChI is InChI=1S/C13H20N2S2/c1-2-15(9-8-13(14)16)10-11-17-12-6-4-3-5-7-12/h3-7H,2,8-11H2,1H3,(H2,14,16). The van der Waals surface area contributed by atoms with Crippen molar-refractivity contribution in [2.45, 2.75) is 18.2 Å². The number of rotatable bonds is 8. The highest BCUT2D eigenvalue weighted by molar-refractivity contribution is 7.99. The quantitative estimate of drug-likeness (QED) is 0.580. The van der Waals surface area contributed by atoms with Crippen molar-refractivity contribution in [3.8, 4) is 0 Å². The lowest BCUT2D eigenvalue weighted by Gasteiger charge is -2.19. The highest BCUT2D eigenvalue weighted by Crippen LogP contribution is 2.16. The lowest BCUT2D eigenvalue weighted by atomic mass is 10.4. The van der Waals surface area contributed by atoms with E-state index in [1.54, 1.807) is 0 Å². The van der Waals surface area contributed by atoms with Gasteiger partial charge >= 0.3 is 0 Å². The van der Waals surface area contributed by atoms with Gasteiger partial charge in [-0.05, 0) is 18.7 Å². The molecule has 0 saturated heterocycles. The van der Waals surface area contributed by atoms with Gasteiger partial charge in [0.05, 0.1) is 4.99 Å². The van der Waals surface area contributed by atoms with E-state index in [2.05, 4.69) is 36.1 Å². The molecular formula is C13H20N2S2. The van der Waals surface area contributed by atoms with Crippen LogP contribution < -0.4 is 5.73 Å². The Balaban J connectivity index is 2.21. The molecule has 0 radical (unpaired) electrons.